The lowest BCUT2D eigenvalue weighted by Gasteiger charge is -2.35. The highest BCUT2D eigenvalue weighted by molar-refractivity contribution is 5.98. The van der Waals surface area contributed by atoms with Crippen LogP contribution in [-0.2, 0) is 33.7 Å². The number of hydrazine groups is 1. The van der Waals surface area contributed by atoms with Crippen LogP contribution in [0.1, 0.15) is 47.8 Å². The lowest BCUT2D eigenvalue weighted by molar-refractivity contribution is -0.143. The van der Waals surface area contributed by atoms with Crippen molar-refractivity contribution in [2.75, 3.05) is 35.2 Å². The van der Waals surface area contributed by atoms with Gasteiger partial charge < -0.3 is 19.4 Å². The first-order valence-corrected chi connectivity index (χ1v) is 16.7. The van der Waals surface area contributed by atoms with E-state index in [0.717, 1.165) is 27.5 Å². The van der Waals surface area contributed by atoms with E-state index < -0.39 is 23.8 Å². The number of nitrogens with one attached hydrogen (secondary N) is 1. The van der Waals surface area contributed by atoms with Gasteiger partial charge in [0.15, 0.2) is 0 Å². The van der Waals surface area contributed by atoms with E-state index in [0.29, 0.717) is 5.56 Å². The first-order chi connectivity index (χ1) is 23.6. The van der Waals surface area contributed by atoms with Gasteiger partial charge in [-0.2, -0.15) is 0 Å². The number of fused-ring (bicyclic) bond motifs is 1. The van der Waals surface area contributed by atoms with Gasteiger partial charge >= 0.3 is 6.09 Å². The Balaban J connectivity index is 1.66. The number of hydrogen-bond acceptors (Lipinski definition) is 6. The molecule has 10 heteroatoms. The number of ether oxygens (including phenoxy) is 1. The second kappa shape index (κ2) is 16.5. The van der Waals surface area contributed by atoms with E-state index in [4.69, 9.17) is 4.74 Å². The Bertz CT molecular complexity index is 1800. The van der Waals surface area contributed by atoms with Gasteiger partial charge in [-0.1, -0.05) is 84.9 Å². The van der Waals surface area contributed by atoms with Gasteiger partial charge in [0, 0.05) is 60.2 Å². The molecule has 0 aliphatic rings. The van der Waals surface area contributed by atoms with Crippen molar-refractivity contribution in [2.45, 2.75) is 57.8 Å². The van der Waals surface area contributed by atoms with Gasteiger partial charge in [-0.3, -0.25) is 19.8 Å². The monoisotopic (exact) mass is 679 g/mol. The number of benzene rings is 4. The minimum absolute atomic E-state index is 0.226. The fourth-order valence-corrected chi connectivity index (χ4v) is 5.73. The Morgan fingerprint density at radius 1 is 0.660 bits per heavy atom. The number of carbonyl (C=O) groups excluding carboxylic acids is 4. The summed E-state index contributed by atoms with van der Waals surface area (Å²) in [4.78, 5) is 59.3. The minimum Gasteiger partial charge on any atom is -0.444 e. The maximum absolute atomic E-state index is 14.6. The Hall–Kier alpha value is -5.22. The number of amides is 4. The van der Waals surface area contributed by atoms with Gasteiger partial charge in [0.05, 0.1) is 0 Å². The molecule has 4 aromatic carbocycles. The molecule has 4 amide bonds. The van der Waals surface area contributed by atoms with Crippen LogP contribution in [0.4, 0.5) is 4.79 Å². The van der Waals surface area contributed by atoms with Crippen molar-refractivity contribution in [2.24, 2.45) is 0 Å². The van der Waals surface area contributed by atoms with Crippen LogP contribution in [0.15, 0.2) is 97.1 Å². The van der Waals surface area contributed by atoms with Gasteiger partial charge in [0.2, 0.25) is 5.91 Å². The van der Waals surface area contributed by atoms with Gasteiger partial charge in [0.25, 0.3) is 11.8 Å². The van der Waals surface area contributed by atoms with Crippen LogP contribution in [0, 0.1) is 0 Å². The molecule has 1 N–H and O–H groups in total. The molecule has 1 unspecified atom stereocenters. The smallest absolute Gasteiger partial charge is 0.410 e. The molecule has 0 bridgehead atoms. The molecule has 0 radical (unpaired) electrons. The molecule has 10 nitrogen and oxygen atoms in total. The molecule has 264 valence electrons. The number of rotatable bonds is 12. The first kappa shape index (κ1) is 37.6. The first-order valence-electron chi connectivity index (χ1n) is 16.7. The van der Waals surface area contributed by atoms with Gasteiger partial charge in [-0.05, 0) is 60.4 Å². The minimum atomic E-state index is -0.938. The van der Waals surface area contributed by atoms with Gasteiger partial charge in [-0.25, -0.2) is 9.80 Å². The SMILES string of the molecule is CN(C)NC(=O)C(Cc1ccccc1)N(C)C(=O)[C@@H](Cc1ccc2ccccc2c1)N(C)C(=O)c1cccc(CN(C)C(=O)OC(C)(C)C)c1. The molecule has 0 saturated heterocycles. The molecular weight excluding hydrogens is 630 g/mol. The predicted molar refractivity (Wildman–Crippen MR) is 196 cm³/mol. The van der Waals surface area contributed by atoms with Crippen LogP contribution < -0.4 is 5.43 Å². The molecule has 2 atom stereocenters. The summed E-state index contributed by atoms with van der Waals surface area (Å²) in [5.41, 5.74) is 5.04. The molecule has 0 aliphatic carbocycles. The average molecular weight is 680 g/mol. The summed E-state index contributed by atoms with van der Waals surface area (Å²) in [5.74, 6) is -1.07. The van der Waals surface area contributed by atoms with Crippen molar-refractivity contribution in [3.05, 3.63) is 119 Å². The molecule has 4 aromatic rings. The predicted octanol–water partition coefficient (Wildman–Crippen LogP) is 5.55. The zero-order valence-electron chi connectivity index (χ0n) is 30.3. The van der Waals surface area contributed by atoms with E-state index in [1.807, 2.05) is 78.9 Å². The maximum Gasteiger partial charge on any atom is 0.410 e. The summed E-state index contributed by atoms with van der Waals surface area (Å²) >= 11 is 0. The normalized spacial score (nSPS) is 12.6. The highest BCUT2D eigenvalue weighted by Crippen LogP contribution is 2.22. The molecule has 0 heterocycles. The van der Waals surface area contributed by atoms with Crippen molar-refractivity contribution in [1.29, 1.82) is 0 Å². The average Bonchev–Trinajstić information content (AvgIpc) is 3.07. The van der Waals surface area contributed by atoms with Crippen LogP contribution in [0.25, 0.3) is 10.8 Å². The molecular formula is C40H49N5O5. The van der Waals surface area contributed by atoms with E-state index in [1.54, 1.807) is 79.2 Å². The number of hydrogen-bond donors (Lipinski definition) is 1. The third-order valence-electron chi connectivity index (χ3n) is 8.34. The standard InChI is InChI=1S/C40H49N5O5/c1-40(2,3)50-39(49)43(6)27-30-17-14-20-33(24-30)37(47)45(8)35(26-29-21-22-31-18-12-13-19-32(31)23-29)38(48)44(7)34(36(46)41-42(4)5)25-28-15-10-9-11-16-28/h9-24,34-35H,25-27H2,1-8H3,(H,41,46)/t34?,35-/m1/s1. The second-order valence-corrected chi connectivity index (χ2v) is 13.9. The molecule has 0 saturated carbocycles. The topological polar surface area (TPSA) is 103 Å². The third kappa shape index (κ3) is 10.1. The summed E-state index contributed by atoms with van der Waals surface area (Å²) in [6.45, 7) is 5.64. The second-order valence-electron chi connectivity index (χ2n) is 13.9. The molecule has 4 rings (SSSR count). The van der Waals surface area contributed by atoms with E-state index in [2.05, 4.69) is 5.43 Å². The van der Waals surface area contributed by atoms with Crippen LogP contribution in [0.5, 0.6) is 0 Å². The molecule has 0 spiro atoms. The largest absolute Gasteiger partial charge is 0.444 e. The Labute approximate surface area is 295 Å². The highest BCUT2D eigenvalue weighted by Gasteiger charge is 2.36. The van der Waals surface area contributed by atoms with Crippen molar-refractivity contribution in [1.82, 2.24) is 25.1 Å². The van der Waals surface area contributed by atoms with E-state index in [-0.39, 0.29) is 37.1 Å². The lowest BCUT2D eigenvalue weighted by atomic mass is 9.98. The van der Waals surface area contributed by atoms with E-state index in [1.165, 1.54) is 14.7 Å². The zero-order chi connectivity index (χ0) is 36.6. The summed E-state index contributed by atoms with van der Waals surface area (Å²) in [7, 11) is 8.30. The third-order valence-corrected chi connectivity index (χ3v) is 8.34. The summed E-state index contributed by atoms with van der Waals surface area (Å²) in [5, 5.41) is 3.64. The molecule has 0 aliphatic heterocycles. The molecule has 0 fully saturated rings. The maximum atomic E-state index is 14.6. The van der Waals surface area contributed by atoms with Crippen molar-refractivity contribution in [3.8, 4) is 0 Å². The Kier molecular flexibility index (Phi) is 12.4. The van der Waals surface area contributed by atoms with Crippen molar-refractivity contribution in [3.63, 3.8) is 0 Å². The van der Waals surface area contributed by atoms with Crippen molar-refractivity contribution >= 4 is 34.6 Å². The van der Waals surface area contributed by atoms with Crippen LogP contribution >= 0.6 is 0 Å². The van der Waals surface area contributed by atoms with Crippen LogP contribution in [-0.4, -0.2) is 96.4 Å². The zero-order valence-corrected chi connectivity index (χ0v) is 30.3. The molecule has 0 aromatic heterocycles. The molecule has 50 heavy (non-hydrogen) atoms. The number of carbonyl (C=O) groups is 4. The number of nitrogens with zero attached hydrogens (tertiary/aromatic N) is 4. The Morgan fingerprint density at radius 2 is 1.28 bits per heavy atom. The Morgan fingerprint density at radius 3 is 1.94 bits per heavy atom. The number of likely N-dealkylation sites (N-methyl/N-ethyl adjacent to an activating group) is 2. The fraction of sp³-hybridized carbons (Fsp3) is 0.350. The van der Waals surface area contributed by atoms with Gasteiger partial charge in [0.1, 0.15) is 17.7 Å². The summed E-state index contributed by atoms with van der Waals surface area (Å²) in [6.07, 6.45) is 0.0415. The lowest BCUT2D eigenvalue weighted by Crippen LogP contribution is -2.57. The summed E-state index contributed by atoms with van der Waals surface area (Å²) in [6, 6.07) is 28.7. The quantitative estimate of drug-likeness (QED) is 0.197. The summed E-state index contributed by atoms with van der Waals surface area (Å²) < 4.78 is 5.48. The van der Waals surface area contributed by atoms with Gasteiger partial charge in [-0.15, -0.1) is 0 Å². The van der Waals surface area contributed by atoms with Crippen LogP contribution in [0.3, 0.4) is 0 Å². The van der Waals surface area contributed by atoms with Crippen LogP contribution in [0.2, 0.25) is 0 Å². The van der Waals surface area contributed by atoms with Crippen molar-refractivity contribution < 1.29 is 23.9 Å². The fourth-order valence-electron chi connectivity index (χ4n) is 5.73. The van der Waals surface area contributed by atoms with E-state index in [9.17, 15) is 19.2 Å². The van der Waals surface area contributed by atoms with E-state index >= 15 is 0 Å². The highest BCUT2D eigenvalue weighted by atomic mass is 16.6.